The topological polar surface area (TPSA) is 55.0 Å². The molecule has 0 atom stereocenters. The Morgan fingerprint density at radius 3 is 2.73 bits per heavy atom. The highest BCUT2D eigenvalue weighted by Crippen LogP contribution is 2.09. The molecule has 0 unspecified atom stereocenters. The van der Waals surface area contributed by atoms with Crippen LogP contribution in [0.3, 0.4) is 0 Å². The molecule has 1 rings (SSSR count). The van der Waals surface area contributed by atoms with Gasteiger partial charge in [0.05, 0.1) is 11.9 Å². The standard InChI is InChI=1S/C11H20N4/c1-9(2)4-5-15(3)11-8-13-7-10(6-12)14-11/h7-9H,4-6,12H2,1-3H3. The summed E-state index contributed by atoms with van der Waals surface area (Å²) in [5.74, 6) is 1.61. The Morgan fingerprint density at radius 1 is 1.40 bits per heavy atom. The zero-order valence-corrected chi connectivity index (χ0v) is 9.77. The summed E-state index contributed by atoms with van der Waals surface area (Å²) in [6.45, 7) is 5.88. The van der Waals surface area contributed by atoms with Gasteiger partial charge in [-0.05, 0) is 12.3 Å². The molecule has 4 heteroatoms. The van der Waals surface area contributed by atoms with Crippen molar-refractivity contribution >= 4 is 5.82 Å². The molecule has 0 saturated carbocycles. The molecule has 0 spiro atoms. The summed E-state index contributed by atoms with van der Waals surface area (Å²) in [6, 6.07) is 0. The predicted molar refractivity (Wildman–Crippen MR) is 62.6 cm³/mol. The summed E-state index contributed by atoms with van der Waals surface area (Å²) in [5.41, 5.74) is 6.36. The fourth-order valence-electron chi connectivity index (χ4n) is 1.24. The number of aromatic nitrogens is 2. The number of hydrogen-bond donors (Lipinski definition) is 1. The van der Waals surface area contributed by atoms with Crippen molar-refractivity contribution in [1.82, 2.24) is 9.97 Å². The zero-order chi connectivity index (χ0) is 11.3. The van der Waals surface area contributed by atoms with Gasteiger partial charge in [0.2, 0.25) is 0 Å². The van der Waals surface area contributed by atoms with Crippen molar-refractivity contribution < 1.29 is 0 Å². The molecule has 1 heterocycles. The average molecular weight is 208 g/mol. The maximum absolute atomic E-state index is 5.52. The van der Waals surface area contributed by atoms with E-state index >= 15 is 0 Å². The van der Waals surface area contributed by atoms with Gasteiger partial charge >= 0.3 is 0 Å². The van der Waals surface area contributed by atoms with Crippen LogP contribution in [0.25, 0.3) is 0 Å². The molecule has 1 aromatic heterocycles. The van der Waals surface area contributed by atoms with E-state index in [1.54, 1.807) is 12.4 Å². The van der Waals surface area contributed by atoms with Crippen LogP contribution in [0, 0.1) is 5.92 Å². The van der Waals surface area contributed by atoms with Gasteiger partial charge in [0, 0.05) is 26.3 Å². The minimum atomic E-state index is 0.443. The van der Waals surface area contributed by atoms with Crippen molar-refractivity contribution in [3.8, 4) is 0 Å². The van der Waals surface area contributed by atoms with Gasteiger partial charge in [-0.25, -0.2) is 4.98 Å². The highest BCUT2D eigenvalue weighted by Gasteiger charge is 2.04. The maximum atomic E-state index is 5.52. The third-order valence-electron chi connectivity index (χ3n) is 2.31. The molecule has 0 aromatic carbocycles. The molecule has 0 amide bonds. The molecule has 0 saturated heterocycles. The fourth-order valence-corrected chi connectivity index (χ4v) is 1.24. The van der Waals surface area contributed by atoms with Gasteiger partial charge in [-0.2, -0.15) is 0 Å². The first-order chi connectivity index (χ1) is 7.13. The molecule has 0 aliphatic carbocycles. The van der Waals surface area contributed by atoms with Crippen molar-refractivity contribution in [2.45, 2.75) is 26.8 Å². The second-order valence-electron chi connectivity index (χ2n) is 4.18. The van der Waals surface area contributed by atoms with Crippen molar-refractivity contribution in [3.63, 3.8) is 0 Å². The lowest BCUT2D eigenvalue weighted by atomic mass is 10.1. The lowest BCUT2D eigenvalue weighted by Crippen LogP contribution is -2.21. The SMILES string of the molecule is CC(C)CCN(C)c1cncc(CN)n1. The van der Waals surface area contributed by atoms with E-state index in [0.29, 0.717) is 12.5 Å². The molecular formula is C11H20N4. The van der Waals surface area contributed by atoms with Crippen molar-refractivity contribution in [2.24, 2.45) is 11.7 Å². The number of hydrogen-bond acceptors (Lipinski definition) is 4. The van der Waals surface area contributed by atoms with E-state index in [0.717, 1.165) is 24.5 Å². The van der Waals surface area contributed by atoms with Crippen LogP contribution < -0.4 is 10.6 Å². The summed E-state index contributed by atoms with van der Waals surface area (Å²) in [5, 5.41) is 0. The summed E-state index contributed by atoms with van der Waals surface area (Å²) in [6.07, 6.45) is 4.64. The first-order valence-corrected chi connectivity index (χ1v) is 5.35. The molecule has 0 bridgehead atoms. The van der Waals surface area contributed by atoms with Gasteiger partial charge in [0.15, 0.2) is 0 Å². The first-order valence-electron chi connectivity index (χ1n) is 5.35. The molecule has 0 aliphatic heterocycles. The number of nitrogens with zero attached hydrogens (tertiary/aromatic N) is 3. The Hall–Kier alpha value is -1.16. The smallest absolute Gasteiger partial charge is 0.147 e. The normalized spacial score (nSPS) is 10.7. The maximum Gasteiger partial charge on any atom is 0.147 e. The van der Waals surface area contributed by atoms with Crippen LogP contribution in [-0.2, 0) is 6.54 Å². The Labute approximate surface area is 91.5 Å². The lowest BCUT2D eigenvalue weighted by Gasteiger charge is -2.19. The number of anilines is 1. The van der Waals surface area contributed by atoms with Crippen LogP contribution in [0.5, 0.6) is 0 Å². The third-order valence-corrected chi connectivity index (χ3v) is 2.31. The Balaban J connectivity index is 2.60. The van der Waals surface area contributed by atoms with Gasteiger partial charge in [0.1, 0.15) is 5.82 Å². The second-order valence-corrected chi connectivity index (χ2v) is 4.18. The van der Waals surface area contributed by atoms with E-state index in [4.69, 9.17) is 5.73 Å². The van der Waals surface area contributed by atoms with Crippen LogP contribution >= 0.6 is 0 Å². The Morgan fingerprint density at radius 2 is 2.13 bits per heavy atom. The molecule has 0 radical (unpaired) electrons. The molecule has 84 valence electrons. The third kappa shape index (κ3) is 3.83. The minimum absolute atomic E-state index is 0.443. The molecule has 0 fully saturated rings. The van der Waals surface area contributed by atoms with Gasteiger partial charge in [0.25, 0.3) is 0 Å². The summed E-state index contributed by atoms with van der Waals surface area (Å²) in [7, 11) is 2.03. The highest BCUT2D eigenvalue weighted by molar-refractivity contribution is 5.34. The van der Waals surface area contributed by atoms with Crippen LogP contribution in [0.4, 0.5) is 5.82 Å². The average Bonchev–Trinajstić information content (AvgIpc) is 2.26. The molecule has 15 heavy (non-hydrogen) atoms. The van der Waals surface area contributed by atoms with E-state index in [9.17, 15) is 0 Å². The van der Waals surface area contributed by atoms with Gasteiger partial charge < -0.3 is 10.6 Å². The van der Waals surface area contributed by atoms with Crippen LogP contribution in [0.2, 0.25) is 0 Å². The second kappa shape index (κ2) is 5.66. The molecular weight excluding hydrogens is 188 g/mol. The van der Waals surface area contributed by atoms with Gasteiger partial charge in [-0.1, -0.05) is 13.8 Å². The van der Waals surface area contributed by atoms with Crippen molar-refractivity contribution in [3.05, 3.63) is 18.1 Å². The lowest BCUT2D eigenvalue weighted by molar-refractivity contribution is 0.583. The Bertz CT molecular complexity index is 298. The summed E-state index contributed by atoms with van der Waals surface area (Å²) < 4.78 is 0. The van der Waals surface area contributed by atoms with Gasteiger partial charge in [-0.3, -0.25) is 4.98 Å². The summed E-state index contributed by atoms with van der Waals surface area (Å²) in [4.78, 5) is 10.6. The summed E-state index contributed by atoms with van der Waals surface area (Å²) >= 11 is 0. The van der Waals surface area contributed by atoms with Crippen molar-refractivity contribution in [1.29, 1.82) is 0 Å². The van der Waals surface area contributed by atoms with E-state index in [1.165, 1.54) is 0 Å². The molecule has 1 aromatic rings. The van der Waals surface area contributed by atoms with E-state index in [-0.39, 0.29) is 0 Å². The Kier molecular flexibility index (Phi) is 4.49. The quantitative estimate of drug-likeness (QED) is 0.795. The van der Waals surface area contributed by atoms with Crippen LogP contribution in [0.1, 0.15) is 26.0 Å². The van der Waals surface area contributed by atoms with Crippen LogP contribution in [-0.4, -0.2) is 23.6 Å². The van der Waals surface area contributed by atoms with E-state index < -0.39 is 0 Å². The minimum Gasteiger partial charge on any atom is -0.358 e. The van der Waals surface area contributed by atoms with E-state index in [1.807, 2.05) is 7.05 Å². The van der Waals surface area contributed by atoms with Crippen molar-refractivity contribution in [2.75, 3.05) is 18.5 Å². The van der Waals surface area contributed by atoms with E-state index in [2.05, 4.69) is 28.7 Å². The predicted octanol–water partition coefficient (Wildman–Crippen LogP) is 1.42. The van der Waals surface area contributed by atoms with Gasteiger partial charge in [-0.15, -0.1) is 0 Å². The molecule has 2 N–H and O–H groups in total. The fraction of sp³-hybridized carbons (Fsp3) is 0.636. The van der Waals surface area contributed by atoms with Crippen LogP contribution in [0.15, 0.2) is 12.4 Å². The first kappa shape index (κ1) is 11.9. The number of rotatable bonds is 5. The molecule has 4 nitrogen and oxygen atoms in total. The number of nitrogens with two attached hydrogens (primary N) is 1. The molecule has 0 aliphatic rings. The monoisotopic (exact) mass is 208 g/mol. The zero-order valence-electron chi connectivity index (χ0n) is 9.77. The highest BCUT2D eigenvalue weighted by atomic mass is 15.2. The largest absolute Gasteiger partial charge is 0.358 e.